The molecule has 2 aromatic rings. The lowest BCUT2D eigenvalue weighted by atomic mass is 9.97. The van der Waals surface area contributed by atoms with Gasteiger partial charge in [-0.15, -0.1) is 0 Å². The van der Waals surface area contributed by atoms with Gasteiger partial charge in [-0.05, 0) is 41.5 Å². The van der Waals surface area contributed by atoms with Crippen molar-refractivity contribution in [2.45, 2.75) is 12.8 Å². The minimum Gasteiger partial charge on any atom is -0.497 e. The third-order valence-corrected chi connectivity index (χ3v) is 3.11. The molecule has 1 unspecified atom stereocenters. The zero-order valence-electron chi connectivity index (χ0n) is 11.5. The molecule has 0 heterocycles. The molecule has 20 heavy (non-hydrogen) atoms. The second kappa shape index (κ2) is 6.19. The molecule has 0 aliphatic rings. The number of rotatable bonds is 5. The Bertz CT molecular complexity index is 633. The SMILES string of the molecule is CCOC(=O)C(C=O)c1ccc2cc(OC)ccc2c1. The molecule has 1 atom stereocenters. The maximum absolute atomic E-state index is 11.7. The molecule has 0 aliphatic heterocycles. The topological polar surface area (TPSA) is 52.6 Å². The molecule has 0 saturated carbocycles. The van der Waals surface area contributed by atoms with Gasteiger partial charge < -0.3 is 14.3 Å². The number of aldehydes is 1. The van der Waals surface area contributed by atoms with Crippen LogP contribution >= 0.6 is 0 Å². The molecule has 104 valence electrons. The van der Waals surface area contributed by atoms with Crippen molar-refractivity contribution < 1.29 is 19.1 Å². The molecule has 0 fully saturated rings. The zero-order chi connectivity index (χ0) is 14.5. The van der Waals surface area contributed by atoms with Crippen molar-refractivity contribution in [3.63, 3.8) is 0 Å². The third kappa shape index (κ3) is 2.79. The van der Waals surface area contributed by atoms with Crippen LogP contribution in [0.2, 0.25) is 0 Å². The van der Waals surface area contributed by atoms with E-state index in [4.69, 9.17) is 9.47 Å². The minimum absolute atomic E-state index is 0.258. The van der Waals surface area contributed by atoms with E-state index in [-0.39, 0.29) is 6.61 Å². The average Bonchev–Trinajstić information content (AvgIpc) is 2.47. The summed E-state index contributed by atoms with van der Waals surface area (Å²) in [5.41, 5.74) is 0.635. The molecule has 0 aliphatic carbocycles. The van der Waals surface area contributed by atoms with Gasteiger partial charge in [0.25, 0.3) is 0 Å². The minimum atomic E-state index is -0.874. The highest BCUT2D eigenvalue weighted by Crippen LogP contribution is 2.25. The molecular formula is C16H16O4. The number of carbonyl (C=O) groups is 2. The van der Waals surface area contributed by atoms with E-state index < -0.39 is 11.9 Å². The monoisotopic (exact) mass is 272 g/mol. The highest BCUT2D eigenvalue weighted by atomic mass is 16.5. The van der Waals surface area contributed by atoms with Crippen molar-refractivity contribution in [1.82, 2.24) is 0 Å². The van der Waals surface area contributed by atoms with Crippen molar-refractivity contribution in [1.29, 1.82) is 0 Å². The molecule has 0 spiro atoms. The van der Waals surface area contributed by atoms with Crippen molar-refractivity contribution in [2.75, 3.05) is 13.7 Å². The van der Waals surface area contributed by atoms with E-state index in [0.29, 0.717) is 11.8 Å². The van der Waals surface area contributed by atoms with E-state index in [1.807, 2.05) is 30.3 Å². The predicted octanol–water partition coefficient (Wildman–Crippen LogP) is 2.69. The molecule has 0 bridgehead atoms. The van der Waals surface area contributed by atoms with Gasteiger partial charge in [0.15, 0.2) is 0 Å². The summed E-state index contributed by atoms with van der Waals surface area (Å²) in [6.45, 7) is 1.97. The number of methoxy groups -OCH3 is 1. The van der Waals surface area contributed by atoms with Crippen LogP contribution in [0.3, 0.4) is 0 Å². The first-order valence-corrected chi connectivity index (χ1v) is 6.39. The molecule has 0 aromatic heterocycles. The Hall–Kier alpha value is -2.36. The largest absolute Gasteiger partial charge is 0.497 e. The summed E-state index contributed by atoms with van der Waals surface area (Å²) in [6.07, 6.45) is 0.614. The van der Waals surface area contributed by atoms with Crippen molar-refractivity contribution in [2.24, 2.45) is 0 Å². The summed E-state index contributed by atoms with van der Waals surface area (Å²) < 4.78 is 10.1. The lowest BCUT2D eigenvalue weighted by molar-refractivity contribution is -0.146. The molecular weight excluding hydrogens is 256 g/mol. The van der Waals surface area contributed by atoms with E-state index in [0.717, 1.165) is 16.5 Å². The normalized spacial score (nSPS) is 11.9. The molecule has 2 rings (SSSR count). The quantitative estimate of drug-likeness (QED) is 0.477. The highest BCUT2D eigenvalue weighted by Gasteiger charge is 2.21. The summed E-state index contributed by atoms with van der Waals surface area (Å²) in [7, 11) is 1.61. The Balaban J connectivity index is 2.39. The maximum atomic E-state index is 11.7. The Morgan fingerprint density at radius 1 is 1.20 bits per heavy atom. The van der Waals surface area contributed by atoms with E-state index in [1.54, 1.807) is 20.1 Å². The second-order valence-electron chi connectivity index (χ2n) is 4.34. The van der Waals surface area contributed by atoms with Crippen LogP contribution in [0.4, 0.5) is 0 Å². The van der Waals surface area contributed by atoms with E-state index in [9.17, 15) is 9.59 Å². The van der Waals surface area contributed by atoms with Gasteiger partial charge in [-0.2, -0.15) is 0 Å². The van der Waals surface area contributed by atoms with Crippen molar-refractivity contribution in [3.8, 4) is 5.75 Å². The van der Waals surface area contributed by atoms with Crippen LogP contribution in [0.1, 0.15) is 18.4 Å². The number of hydrogen-bond donors (Lipinski definition) is 0. The summed E-state index contributed by atoms with van der Waals surface area (Å²) in [4.78, 5) is 22.9. The number of fused-ring (bicyclic) bond motifs is 1. The first kappa shape index (κ1) is 14.1. The first-order valence-electron chi connectivity index (χ1n) is 6.39. The molecule has 0 amide bonds. The summed E-state index contributed by atoms with van der Waals surface area (Å²) in [5.74, 6) is -0.626. The highest BCUT2D eigenvalue weighted by molar-refractivity contribution is 5.96. The third-order valence-electron chi connectivity index (χ3n) is 3.11. The number of benzene rings is 2. The second-order valence-corrected chi connectivity index (χ2v) is 4.34. The van der Waals surface area contributed by atoms with Crippen LogP contribution in [0, 0.1) is 0 Å². The predicted molar refractivity (Wildman–Crippen MR) is 75.9 cm³/mol. The van der Waals surface area contributed by atoms with Crippen LogP contribution in [-0.4, -0.2) is 26.0 Å². The fourth-order valence-electron chi connectivity index (χ4n) is 2.06. The summed E-state index contributed by atoms with van der Waals surface area (Å²) >= 11 is 0. The smallest absolute Gasteiger partial charge is 0.320 e. The molecule has 4 heteroatoms. The van der Waals surface area contributed by atoms with E-state index in [2.05, 4.69) is 0 Å². The number of carbonyl (C=O) groups excluding carboxylic acids is 2. The van der Waals surface area contributed by atoms with Gasteiger partial charge in [-0.3, -0.25) is 4.79 Å². The molecule has 0 saturated heterocycles. The molecule has 2 aromatic carbocycles. The average molecular weight is 272 g/mol. The van der Waals surface area contributed by atoms with E-state index in [1.165, 1.54) is 0 Å². The van der Waals surface area contributed by atoms with Gasteiger partial charge in [0.2, 0.25) is 0 Å². The first-order chi connectivity index (χ1) is 9.69. The maximum Gasteiger partial charge on any atom is 0.320 e. The van der Waals surface area contributed by atoms with Crippen LogP contribution < -0.4 is 4.74 Å². The van der Waals surface area contributed by atoms with Crippen molar-refractivity contribution >= 4 is 23.0 Å². The molecule has 0 N–H and O–H groups in total. The van der Waals surface area contributed by atoms with Gasteiger partial charge in [0.1, 0.15) is 18.0 Å². The Labute approximate surface area is 117 Å². The van der Waals surface area contributed by atoms with Gasteiger partial charge in [0.05, 0.1) is 13.7 Å². The lowest BCUT2D eigenvalue weighted by Crippen LogP contribution is -2.17. The standard InChI is InChI=1S/C16H16O4/c1-3-20-16(18)15(10-17)13-5-4-12-9-14(19-2)7-6-11(12)8-13/h4-10,15H,3H2,1-2H3. The van der Waals surface area contributed by atoms with E-state index >= 15 is 0 Å². The Morgan fingerprint density at radius 2 is 1.90 bits per heavy atom. The van der Waals surface area contributed by atoms with Gasteiger partial charge in [-0.25, -0.2) is 0 Å². The lowest BCUT2D eigenvalue weighted by Gasteiger charge is -2.11. The van der Waals surface area contributed by atoms with Crippen molar-refractivity contribution in [3.05, 3.63) is 42.0 Å². The molecule has 0 radical (unpaired) electrons. The molecule has 4 nitrogen and oxygen atoms in total. The van der Waals surface area contributed by atoms with Gasteiger partial charge in [-0.1, -0.05) is 18.2 Å². The van der Waals surface area contributed by atoms with Crippen LogP contribution in [-0.2, 0) is 14.3 Å². The fourth-order valence-corrected chi connectivity index (χ4v) is 2.06. The summed E-state index contributed by atoms with van der Waals surface area (Å²) in [6, 6.07) is 11.1. The summed E-state index contributed by atoms with van der Waals surface area (Å²) in [5, 5.41) is 1.93. The number of hydrogen-bond acceptors (Lipinski definition) is 4. The Morgan fingerprint density at radius 3 is 2.55 bits per heavy atom. The van der Waals surface area contributed by atoms with Crippen LogP contribution in [0.15, 0.2) is 36.4 Å². The van der Waals surface area contributed by atoms with Crippen LogP contribution in [0.25, 0.3) is 10.8 Å². The van der Waals surface area contributed by atoms with Crippen LogP contribution in [0.5, 0.6) is 5.75 Å². The van der Waals surface area contributed by atoms with Gasteiger partial charge >= 0.3 is 5.97 Å². The van der Waals surface area contributed by atoms with Gasteiger partial charge in [0, 0.05) is 0 Å². The zero-order valence-corrected chi connectivity index (χ0v) is 11.5. The number of esters is 1. The number of ether oxygens (including phenoxy) is 2. The Kier molecular flexibility index (Phi) is 4.35. The fraction of sp³-hybridized carbons (Fsp3) is 0.250.